The number of ether oxygens (including phenoxy) is 1. The molecule has 2 aromatic rings. The van der Waals surface area contributed by atoms with E-state index in [0.717, 1.165) is 5.92 Å². The van der Waals surface area contributed by atoms with Gasteiger partial charge in [0.1, 0.15) is 6.07 Å². The van der Waals surface area contributed by atoms with E-state index >= 15 is 0 Å². The van der Waals surface area contributed by atoms with Crippen molar-refractivity contribution in [1.29, 1.82) is 5.26 Å². The molecule has 1 aromatic carbocycles. The summed E-state index contributed by atoms with van der Waals surface area (Å²) >= 11 is 0. The predicted molar refractivity (Wildman–Crippen MR) is 117 cm³/mol. The fraction of sp³-hybridized carbons (Fsp3) is 0.520. The number of unbranched alkanes of at least 4 members (excludes halogenated alkanes) is 2. The second-order valence-electron chi connectivity index (χ2n) is 8.18. The molecule has 1 aliphatic carbocycles. The first kappa shape index (κ1) is 22.0. The van der Waals surface area contributed by atoms with Crippen molar-refractivity contribution < 1.29 is 9.53 Å². The summed E-state index contributed by atoms with van der Waals surface area (Å²) < 4.78 is 5.43. The Morgan fingerprint density at radius 3 is 2.50 bits per heavy atom. The third-order valence-corrected chi connectivity index (χ3v) is 6.09. The van der Waals surface area contributed by atoms with Crippen LogP contribution in [0.1, 0.15) is 88.7 Å². The molecule has 0 aliphatic heterocycles. The van der Waals surface area contributed by atoms with Gasteiger partial charge >= 0.3 is 5.97 Å². The maximum absolute atomic E-state index is 11.8. The fourth-order valence-corrected chi connectivity index (χ4v) is 4.25. The molecule has 1 fully saturated rings. The van der Waals surface area contributed by atoms with Crippen LogP contribution in [0.15, 0.2) is 30.6 Å². The molecule has 0 saturated heterocycles. The van der Waals surface area contributed by atoms with E-state index in [1.165, 1.54) is 56.9 Å². The van der Waals surface area contributed by atoms with E-state index in [1.54, 1.807) is 25.1 Å². The molecule has 1 aliphatic rings. The van der Waals surface area contributed by atoms with E-state index in [1.807, 2.05) is 12.4 Å². The number of esters is 1. The van der Waals surface area contributed by atoms with Crippen LogP contribution in [0.5, 0.6) is 5.75 Å². The number of rotatable bonds is 8. The molecule has 0 spiro atoms. The zero-order valence-corrected chi connectivity index (χ0v) is 18.1. The Bertz CT molecular complexity index is 878. The van der Waals surface area contributed by atoms with Gasteiger partial charge in [-0.2, -0.15) is 5.26 Å². The fourth-order valence-electron chi connectivity index (χ4n) is 4.25. The molecule has 1 saturated carbocycles. The lowest BCUT2D eigenvalue weighted by atomic mass is 9.77. The van der Waals surface area contributed by atoms with Gasteiger partial charge in [-0.1, -0.05) is 45.6 Å². The molecule has 5 nitrogen and oxygen atoms in total. The molecule has 30 heavy (non-hydrogen) atoms. The number of para-hydroxylation sites is 1. The van der Waals surface area contributed by atoms with Gasteiger partial charge in [-0.25, -0.2) is 9.97 Å². The molecule has 0 N–H and O–H groups in total. The highest BCUT2D eigenvalue weighted by Gasteiger charge is 2.23. The highest BCUT2D eigenvalue weighted by Crippen LogP contribution is 2.38. The van der Waals surface area contributed by atoms with Gasteiger partial charge in [0.2, 0.25) is 0 Å². The number of carbonyl (C=O) groups excluding carboxylic acids is 1. The first-order chi connectivity index (χ1) is 14.7. The Morgan fingerprint density at radius 2 is 1.87 bits per heavy atom. The molecule has 3 rings (SSSR count). The number of nitrogens with zero attached hydrogens (tertiary/aromatic N) is 3. The molecule has 1 aromatic heterocycles. The minimum atomic E-state index is -0.383. The van der Waals surface area contributed by atoms with Gasteiger partial charge in [0.15, 0.2) is 11.6 Å². The normalized spacial score (nSPS) is 18.6. The number of aromatic nitrogens is 2. The summed E-state index contributed by atoms with van der Waals surface area (Å²) in [6.07, 6.45) is 14.4. The molecule has 5 heteroatoms. The molecular weight excluding hydrogens is 374 g/mol. The minimum absolute atomic E-state index is 0.236. The molecular formula is C25H31N3O2. The van der Waals surface area contributed by atoms with E-state index in [0.29, 0.717) is 22.9 Å². The molecule has 0 unspecified atom stereocenters. The monoisotopic (exact) mass is 405 g/mol. The molecule has 1 heterocycles. The average molecular weight is 406 g/mol. The van der Waals surface area contributed by atoms with Gasteiger partial charge in [-0.3, -0.25) is 4.79 Å². The van der Waals surface area contributed by atoms with Crippen LogP contribution in [0.3, 0.4) is 0 Å². The molecule has 158 valence electrons. The van der Waals surface area contributed by atoms with Crippen LogP contribution < -0.4 is 4.74 Å². The Morgan fingerprint density at radius 1 is 1.13 bits per heavy atom. The van der Waals surface area contributed by atoms with Crippen molar-refractivity contribution in [2.45, 2.75) is 77.6 Å². The summed E-state index contributed by atoms with van der Waals surface area (Å²) in [7, 11) is 0. The van der Waals surface area contributed by atoms with Crippen LogP contribution in [0.4, 0.5) is 0 Å². The van der Waals surface area contributed by atoms with Gasteiger partial charge in [0.25, 0.3) is 0 Å². The minimum Gasteiger partial charge on any atom is -0.424 e. The van der Waals surface area contributed by atoms with Crippen molar-refractivity contribution in [3.63, 3.8) is 0 Å². The summed E-state index contributed by atoms with van der Waals surface area (Å²) in [5.74, 6) is 1.73. The van der Waals surface area contributed by atoms with Gasteiger partial charge in [0, 0.05) is 18.8 Å². The molecule has 0 amide bonds. The Labute approximate surface area is 179 Å². The highest BCUT2D eigenvalue weighted by atomic mass is 16.5. The summed E-state index contributed by atoms with van der Waals surface area (Å²) in [6.45, 7) is 3.98. The number of benzene rings is 1. The number of carbonyl (C=O) groups is 1. The van der Waals surface area contributed by atoms with Crippen molar-refractivity contribution >= 4 is 5.97 Å². The van der Waals surface area contributed by atoms with Gasteiger partial charge in [0.05, 0.1) is 11.1 Å². The van der Waals surface area contributed by atoms with E-state index in [4.69, 9.17) is 4.74 Å². The van der Waals surface area contributed by atoms with Crippen LogP contribution in [0.2, 0.25) is 0 Å². The largest absolute Gasteiger partial charge is 0.424 e. The lowest BCUT2D eigenvalue weighted by molar-refractivity contribution is -0.134. The highest BCUT2D eigenvalue weighted by molar-refractivity contribution is 5.78. The maximum atomic E-state index is 11.8. The zero-order valence-electron chi connectivity index (χ0n) is 18.1. The second-order valence-corrected chi connectivity index (χ2v) is 8.18. The molecule has 0 atom stereocenters. The van der Waals surface area contributed by atoms with Crippen LogP contribution in [-0.2, 0) is 4.79 Å². The molecule has 0 radical (unpaired) electrons. The number of hydrogen-bond acceptors (Lipinski definition) is 5. The summed E-state index contributed by atoms with van der Waals surface area (Å²) in [4.78, 5) is 21.0. The average Bonchev–Trinajstić information content (AvgIpc) is 2.80. The van der Waals surface area contributed by atoms with E-state index < -0.39 is 0 Å². The van der Waals surface area contributed by atoms with Crippen LogP contribution in [0.25, 0.3) is 11.4 Å². The smallest absolute Gasteiger partial charge is 0.310 e. The Hall–Kier alpha value is -2.74. The second kappa shape index (κ2) is 10.9. The first-order valence-corrected chi connectivity index (χ1v) is 11.2. The van der Waals surface area contributed by atoms with Crippen molar-refractivity contribution in [2.75, 3.05) is 0 Å². The lowest BCUT2D eigenvalue weighted by Crippen LogP contribution is -2.14. The third kappa shape index (κ3) is 5.44. The summed E-state index contributed by atoms with van der Waals surface area (Å²) in [5, 5.41) is 9.40. The predicted octanol–water partition coefficient (Wildman–Crippen LogP) is 6.18. The molecule has 0 bridgehead atoms. The van der Waals surface area contributed by atoms with E-state index in [9.17, 15) is 10.1 Å². The summed E-state index contributed by atoms with van der Waals surface area (Å²) in [6, 6.07) is 7.27. The Kier molecular flexibility index (Phi) is 7.96. The number of nitriles is 1. The van der Waals surface area contributed by atoms with E-state index in [2.05, 4.69) is 23.0 Å². The standard InChI is InChI=1S/C25H31N3O2/c1-3-5-6-8-18-11-13-19(14-12-18)21-16-27-25(28-17-21)22-10-7-9-20(15-26)24(22)30-23(29)4-2/h7,9-10,16-19H,3-6,8,11-14H2,1-2H3/t18-,19-. The van der Waals surface area contributed by atoms with E-state index in [-0.39, 0.29) is 18.1 Å². The first-order valence-electron chi connectivity index (χ1n) is 11.2. The summed E-state index contributed by atoms with van der Waals surface area (Å²) in [5.41, 5.74) is 2.06. The van der Waals surface area contributed by atoms with Crippen LogP contribution in [-0.4, -0.2) is 15.9 Å². The SMILES string of the molecule is CCCCC[C@H]1CC[C@H](c2cnc(-c3cccc(C#N)c3OC(=O)CC)nc2)CC1. The van der Waals surface area contributed by atoms with Gasteiger partial charge in [-0.15, -0.1) is 0 Å². The zero-order chi connectivity index (χ0) is 21.3. The maximum Gasteiger partial charge on any atom is 0.310 e. The third-order valence-electron chi connectivity index (χ3n) is 6.09. The van der Waals surface area contributed by atoms with Crippen molar-refractivity contribution in [3.05, 3.63) is 41.7 Å². The Balaban J connectivity index is 1.71. The topological polar surface area (TPSA) is 75.9 Å². The lowest BCUT2D eigenvalue weighted by Gasteiger charge is -2.28. The quantitative estimate of drug-likeness (QED) is 0.297. The van der Waals surface area contributed by atoms with Crippen molar-refractivity contribution in [2.24, 2.45) is 5.92 Å². The van der Waals surface area contributed by atoms with Crippen molar-refractivity contribution in [1.82, 2.24) is 9.97 Å². The number of hydrogen-bond donors (Lipinski definition) is 0. The van der Waals surface area contributed by atoms with Gasteiger partial charge < -0.3 is 4.74 Å². The van der Waals surface area contributed by atoms with Crippen LogP contribution >= 0.6 is 0 Å². The van der Waals surface area contributed by atoms with Crippen molar-refractivity contribution in [3.8, 4) is 23.2 Å². The van der Waals surface area contributed by atoms with Gasteiger partial charge in [-0.05, 0) is 55.2 Å². The van der Waals surface area contributed by atoms with Crippen LogP contribution in [0, 0.1) is 17.2 Å².